The van der Waals surface area contributed by atoms with Crippen molar-refractivity contribution in [2.45, 2.75) is 4.90 Å². The van der Waals surface area contributed by atoms with E-state index in [0.29, 0.717) is 15.9 Å². The summed E-state index contributed by atoms with van der Waals surface area (Å²) in [7, 11) is -3.35. The first kappa shape index (κ1) is 21.8. The number of anilines is 3. The van der Waals surface area contributed by atoms with E-state index < -0.39 is 27.6 Å². The molecule has 0 saturated heterocycles. The number of aromatic nitrogens is 2. The van der Waals surface area contributed by atoms with Crippen LogP contribution in [0.5, 0.6) is 0 Å². The number of hydrogen-bond donors (Lipinski definition) is 3. The van der Waals surface area contributed by atoms with E-state index in [4.69, 9.17) is 0 Å². The number of nitrogens with one attached hydrogen (secondary N) is 3. The van der Waals surface area contributed by atoms with Gasteiger partial charge >= 0.3 is 6.03 Å². The zero-order chi connectivity index (χ0) is 22.9. The fraction of sp³-hybridized carbons (Fsp3) is 0.0526. The second-order valence-electron chi connectivity index (χ2n) is 6.50. The average molecular weight is 492 g/mol. The zero-order valence-electron chi connectivity index (χ0n) is 16.2. The fourth-order valence-corrected chi connectivity index (χ4v) is 4.89. The number of benzene rings is 2. The van der Waals surface area contributed by atoms with Gasteiger partial charge in [0.15, 0.2) is 20.1 Å². The molecule has 4 aromatic rings. The molecule has 4 rings (SSSR count). The first-order chi connectivity index (χ1) is 15.2. The van der Waals surface area contributed by atoms with Crippen molar-refractivity contribution >= 4 is 70.6 Å². The molecule has 0 aliphatic carbocycles. The van der Waals surface area contributed by atoms with E-state index in [1.165, 1.54) is 41.8 Å². The Morgan fingerprint density at radius 1 is 0.969 bits per heavy atom. The Morgan fingerprint density at radius 2 is 1.72 bits per heavy atom. The minimum atomic E-state index is -3.35. The van der Waals surface area contributed by atoms with E-state index >= 15 is 0 Å². The highest BCUT2D eigenvalue weighted by Crippen LogP contribution is 2.28. The number of halogens is 1. The Labute approximate surface area is 189 Å². The summed E-state index contributed by atoms with van der Waals surface area (Å²) in [4.78, 5) is 33.0. The van der Waals surface area contributed by atoms with E-state index in [1.807, 2.05) is 0 Å². The van der Waals surface area contributed by atoms with Gasteiger partial charge in [-0.05, 0) is 42.5 Å². The molecule has 0 fully saturated rings. The predicted octanol–water partition coefficient (Wildman–Crippen LogP) is 4.19. The SMILES string of the molecule is CS(=O)(=O)c1ccc2nc(NC(=O)c3csc(NC(=O)Nc4ccc(F)cc4)n3)sc2c1. The summed E-state index contributed by atoms with van der Waals surface area (Å²) >= 11 is 2.18. The molecule has 0 bridgehead atoms. The molecular weight excluding hydrogens is 477 g/mol. The molecule has 13 heteroatoms. The number of nitrogens with zero attached hydrogens (tertiary/aromatic N) is 2. The van der Waals surface area contributed by atoms with Crippen LogP contribution in [-0.4, -0.2) is 36.6 Å². The van der Waals surface area contributed by atoms with Crippen molar-refractivity contribution in [3.05, 3.63) is 59.4 Å². The lowest BCUT2D eigenvalue weighted by molar-refractivity contribution is 0.102. The lowest BCUT2D eigenvalue weighted by atomic mass is 10.3. The highest BCUT2D eigenvalue weighted by atomic mass is 32.2. The lowest BCUT2D eigenvalue weighted by Gasteiger charge is -2.04. The number of carbonyl (C=O) groups is 2. The fourth-order valence-electron chi connectivity index (χ4n) is 2.58. The molecular formula is C19H14FN5O4S3. The summed E-state index contributed by atoms with van der Waals surface area (Å²) in [5, 5.41) is 9.59. The highest BCUT2D eigenvalue weighted by molar-refractivity contribution is 7.90. The monoisotopic (exact) mass is 491 g/mol. The maximum atomic E-state index is 12.9. The molecule has 2 heterocycles. The van der Waals surface area contributed by atoms with Crippen molar-refractivity contribution in [3.63, 3.8) is 0 Å². The van der Waals surface area contributed by atoms with E-state index in [1.54, 1.807) is 6.07 Å². The molecule has 164 valence electrons. The van der Waals surface area contributed by atoms with Gasteiger partial charge in [0.25, 0.3) is 5.91 Å². The number of rotatable bonds is 5. The van der Waals surface area contributed by atoms with Crippen LogP contribution in [0.3, 0.4) is 0 Å². The van der Waals surface area contributed by atoms with E-state index in [9.17, 15) is 22.4 Å². The molecule has 0 saturated carbocycles. The summed E-state index contributed by atoms with van der Waals surface area (Å²) in [5.41, 5.74) is 1.02. The third kappa shape index (κ3) is 5.07. The number of sulfone groups is 1. The van der Waals surface area contributed by atoms with Crippen LogP contribution in [0.2, 0.25) is 0 Å². The summed E-state index contributed by atoms with van der Waals surface area (Å²) in [6.45, 7) is 0. The summed E-state index contributed by atoms with van der Waals surface area (Å²) in [6, 6.07) is 9.19. The maximum Gasteiger partial charge on any atom is 0.325 e. The van der Waals surface area contributed by atoms with Crippen LogP contribution in [0.1, 0.15) is 10.5 Å². The number of carbonyl (C=O) groups excluding carboxylic acids is 2. The first-order valence-corrected chi connectivity index (χ1v) is 12.5. The molecule has 0 radical (unpaired) electrons. The Bertz CT molecular complexity index is 1430. The standard InChI is InChI=1S/C19H14FN5O4S3/c1-32(28,29)12-6-7-13-15(8-12)31-19(22-13)24-16(26)14-9-30-18(23-14)25-17(27)21-11-4-2-10(20)3-5-11/h2-9H,1H3,(H,22,24,26)(H2,21,23,25,27). The smallest absolute Gasteiger partial charge is 0.308 e. The van der Waals surface area contributed by atoms with Gasteiger partial charge in [-0.3, -0.25) is 15.4 Å². The number of amides is 3. The average Bonchev–Trinajstić information content (AvgIpc) is 3.34. The van der Waals surface area contributed by atoms with E-state index in [-0.39, 0.29) is 20.9 Å². The largest absolute Gasteiger partial charge is 0.325 e. The topological polar surface area (TPSA) is 130 Å². The molecule has 0 atom stereocenters. The number of thiazole rings is 2. The van der Waals surface area contributed by atoms with Gasteiger partial charge in [-0.25, -0.2) is 27.6 Å². The van der Waals surface area contributed by atoms with Crippen molar-refractivity contribution in [3.8, 4) is 0 Å². The van der Waals surface area contributed by atoms with Crippen molar-refractivity contribution < 1.29 is 22.4 Å². The molecule has 3 N–H and O–H groups in total. The van der Waals surface area contributed by atoms with E-state index in [0.717, 1.165) is 28.9 Å². The summed E-state index contributed by atoms with van der Waals surface area (Å²) < 4.78 is 36.9. The van der Waals surface area contributed by atoms with Crippen LogP contribution in [0.15, 0.2) is 52.7 Å². The van der Waals surface area contributed by atoms with Gasteiger partial charge in [-0.2, -0.15) is 0 Å². The van der Waals surface area contributed by atoms with Gasteiger partial charge < -0.3 is 5.32 Å². The molecule has 0 aliphatic heterocycles. The van der Waals surface area contributed by atoms with Gasteiger partial charge in [-0.15, -0.1) is 11.3 Å². The van der Waals surface area contributed by atoms with Crippen LogP contribution in [0.25, 0.3) is 10.2 Å². The van der Waals surface area contributed by atoms with Crippen LogP contribution < -0.4 is 16.0 Å². The Morgan fingerprint density at radius 3 is 2.44 bits per heavy atom. The minimum Gasteiger partial charge on any atom is -0.308 e. The molecule has 9 nitrogen and oxygen atoms in total. The van der Waals surface area contributed by atoms with E-state index in [2.05, 4.69) is 25.9 Å². The minimum absolute atomic E-state index is 0.0724. The highest BCUT2D eigenvalue weighted by Gasteiger charge is 2.16. The van der Waals surface area contributed by atoms with Crippen LogP contribution in [0, 0.1) is 5.82 Å². The lowest BCUT2D eigenvalue weighted by Crippen LogP contribution is -2.19. The second kappa shape index (κ2) is 8.61. The van der Waals surface area contributed by atoms with Gasteiger partial charge in [0, 0.05) is 17.3 Å². The van der Waals surface area contributed by atoms with Crippen molar-refractivity contribution in [1.29, 1.82) is 0 Å². The van der Waals surface area contributed by atoms with Crippen LogP contribution in [-0.2, 0) is 9.84 Å². The van der Waals surface area contributed by atoms with Crippen LogP contribution >= 0.6 is 22.7 Å². The number of fused-ring (bicyclic) bond motifs is 1. The van der Waals surface area contributed by atoms with Crippen molar-refractivity contribution in [1.82, 2.24) is 9.97 Å². The zero-order valence-corrected chi connectivity index (χ0v) is 18.7. The quantitative estimate of drug-likeness (QED) is 0.384. The van der Waals surface area contributed by atoms with Gasteiger partial charge in [-0.1, -0.05) is 11.3 Å². The van der Waals surface area contributed by atoms with Crippen molar-refractivity contribution in [2.24, 2.45) is 0 Å². The number of urea groups is 1. The van der Waals surface area contributed by atoms with Crippen LogP contribution in [0.4, 0.5) is 25.1 Å². The third-order valence-corrected chi connectivity index (χ3v) is 6.87. The first-order valence-electron chi connectivity index (χ1n) is 8.88. The predicted molar refractivity (Wildman–Crippen MR) is 122 cm³/mol. The van der Waals surface area contributed by atoms with Gasteiger partial charge in [0.05, 0.1) is 15.1 Å². The Kier molecular flexibility index (Phi) is 5.86. The maximum absolute atomic E-state index is 12.9. The summed E-state index contributed by atoms with van der Waals surface area (Å²) in [6.07, 6.45) is 1.12. The molecule has 0 spiro atoms. The Hall–Kier alpha value is -3.42. The molecule has 0 unspecified atom stereocenters. The Balaban J connectivity index is 1.41. The second-order valence-corrected chi connectivity index (χ2v) is 10.4. The normalized spacial score (nSPS) is 11.3. The molecule has 32 heavy (non-hydrogen) atoms. The van der Waals surface area contributed by atoms with Gasteiger partial charge in [0.2, 0.25) is 0 Å². The summed E-state index contributed by atoms with van der Waals surface area (Å²) in [5.74, 6) is -0.953. The third-order valence-electron chi connectivity index (χ3n) is 4.07. The van der Waals surface area contributed by atoms with Crippen molar-refractivity contribution in [2.75, 3.05) is 22.2 Å². The molecule has 2 aromatic carbocycles. The number of hydrogen-bond acceptors (Lipinski definition) is 8. The van der Waals surface area contributed by atoms with Gasteiger partial charge in [0.1, 0.15) is 11.5 Å². The molecule has 2 aromatic heterocycles. The molecule has 0 aliphatic rings. The molecule has 3 amide bonds.